The van der Waals surface area contributed by atoms with Crippen LogP contribution < -0.4 is 0 Å². The van der Waals surface area contributed by atoms with Gasteiger partial charge >= 0.3 is 12.0 Å². The van der Waals surface area contributed by atoms with Crippen molar-refractivity contribution in [1.29, 1.82) is 0 Å². The molecule has 4 rings (SSSR count). The third-order valence-electron chi connectivity index (χ3n) is 3.99. The lowest BCUT2D eigenvalue weighted by Gasteiger charge is -2.22. The molecule has 126 valence electrons. The molecule has 1 saturated carbocycles. The molecule has 0 bridgehead atoms. The molecular formula is C15H12F3N3O3. The summed E-state index contributed by atoms with van der Waals surface area (Å²) in [5, 5.41) is 20.8. The Labute approximate surface area is 133 Å². The Morgan fingerprint density at radius 2 is 1.75 bits per heavy atom. The molecule has 6 nitrogen and oxygen atoms in total. The van der Waals surface area contributed by atoms with E-state index < -0.39 is 18.4 Å². The zero-order valence-corrected chi connectivity index (χ0v) is 12.2. The molecule has 0 spiro atoms. The molecule has 1 atom stereocenters. The Morgan fingerprint density at radius 1 is 1.08 bits per heavy atom. The van der Waals surface area contributed by atoms with Crippen LogP contribution in [-0.4, -0.2) is 33.0 Å². The van der Waals surface area contributed by atoms with Crippen LogP contribution in [0.4, 0.5) is 13.2 Å². The van der Waals surface area contributed by atoms with Gasteiger partial charge in [0.05, 0.1) is 12.1 Å². The largest absolute Gasteiger partial charge is 0.458 e. The van der Waals surface area contributed by atoms with Gasteiger partial charge in [-0.15, -0.1) is 10.2 Å². The van der Waals surface area contributed by atoms with Gasteiger partial charge in [0, 0.05) is 11.5 Å². The molecule has 1 fully saturated rings. The van der Waals surface area contributed by atoms with Gasteiger partial charge in [0.15, 0.2) is 0 Å². The second kappa shape index (κ2) is 5.04. The van der Waals surface area contributed by atoms with Crippen LogP contribution in [0.2, 0.25) is 0 Å². The molecule has 1 aliphatic carbocycles. The minimum Gasteiger partial charge on any atom is -0.420 e. The van der Waals surface area contributed by atoms with Crippen molar-refractivity contribution in [1.82, 2.24) is 10.2 Å². The van der Waals surface area contributed by atoms with Crippen molar-refractivity contribution in [2.75, 3.05) is 0 Å². The highest BCUT2D eigenvalue weighted by molar-refractivity contribution is 6.01. The molecule has 0 radical (unpaired) electrons. The van der Waals surface area contributed by atoms with Gasteiger partial charge in [-0.05, 0) is 30.5 Å². The summed E-state index contributed by atoms with van der Waals surface area (Å²) in [4.78, 5) is 4.20. The standard InChI is InChI=1S/C15H12F3N3O3/c16-15(17,18)14(22)7-11(21-24-14)8-1-3-9(4-2-8)12-19-20-13(23-12)10-5-6-10/h1-4,10,22H,5-7H2. The molecule has 2 aliphatic rings. The van der Waals surface area contributed by atoms with E-state index >= 15 is 0 Å². The Morgan fingerprint density at radius 3 is 2.33 bits per heavy atom. The van der Waals surface area contributed by atoms with E-state index in [4.69, 9.17) is 4.42 Å². The first kappa shape index (κ1) is 15.1. The molecule has 1 aromatic heterocycles. The molecule has 2 heterocycles. The van der Waals surface area contributed by atoms with Gasteiger partial charge in [-0.1, -0.05) is 17.3 Å². The topological polar surface area (TPSA) is 80.7 Å². The second-order valence-electron chi connectivity index (χ2n) is 5.89. The summed E-state index contributed by atoms with van der Waals surface area (Å²) in [7, 11) is 0. The minimum atomic E-state index is -4.92. The molecule has 0 saturated heterocycles. The zero-order valence-electron chi connectivity index (χ0n) is 12.2. The summed E-state index contributed by atoms with van der Waals surface area (Å²) in [6.45, 7) is 0. The van der Waals surface area contributed by atoms with Crippen molar-refractivity contribution in [2.24, 2.45) is 5.16 Å². The number of nitrogens with zero attached hydrogens (tertiary/aromatic N) is 3. The maximum atomic E-state index is 12.7. The number of aliphatic hydroxyl groups is 1. The van der Waals surface area contributed by atoms with Crippen LogP contribution in [0.3, 0.4) is 0 Å². The molecule has 0 amide bonds. The number of oxime groups is 1. The van der Waals surface area contributed by atoms with Crippen LogP contribution >= 0.6 is 0 Å². The van der Waals surface area contributed by atoms with Crippen molar-refractivity contribution < 1.29 is 27.5 Å². The van der Waals surface area contributed by atoms with Crippen molar-refractivity contribution >= 4 is 5.71 Å². The molecule has 24 heavy (non-hydrogen) atoms. The Balaban J connectivity index is 1.52. The predicted molar refractivity (Wildman–Crippen MR) is 75.0 cm³/mol. The third-order valence-corrected chi connectivity index (χ3v) is 3.99. The SMILES string of the molecule is OC1(C(F)(F)F)CC(c2ccc(-c3nnc(C4CC4)o3)cc2)=NO1. The number of benzene rings is 1. The number of halogens is 3. The van der Waals surface area contributed by atoms with Crippen LogP contribution in [0.15, 0.2) is 33.8 Å². The maximum absolute atomic E-state index is 12.7. The van der Waals surface area contributed by atoms with Gasteiger partial charge in [-0.2, -0.15) is 13.2 Å². The highest BCUT2D eigenvalue weighted by atomic mass is 19.4. The molecular weight excluding hydrogens is 327 g/mol. The summed E-state index contributed by atoms with van der Waals surface area (Å²) >= 11 is 0. The van der Waals surface area contributed by atoms with Gasteiger partial charge in [0.25, 0.3) is 0 Å². The van der Waals surface area contributed by atoms with Gasteiger partial charge in [-0.3, -0.25) is 0 Å². The lowest BCUT2D eigenvalue weighted by Crippen LogP contribution is -2.45. The average molecular weight is 339 g/mol. The van der Waals surface area contributed by atoms with Crippen LogP contribution in [-0.2, 0) is 4.84 Å². The van der Waals surface area contributed by atoms with Crippen LogP contribution in [0, 0.1) is 0 Å². The van der Waals surface area contributed by atoms with E-state index in [2.05, 4.69) is 20.2 Å². The van der Waals surface area contributed by atoms with E-state index in [1.807, 2.05) is 0 Å². The van der Waals surface area contributed by atoms with Crippen LogP contribution in [0.25, 0.3) is 11.5 Å². The van der Waals surface area contributed by atoms with Gasteiger partial charge in [0.1, 0.15) is 0 Å². The maximum Gasteiger partial charge on any atom is 0.458 e. The first-order valence-electron chi connectivity index (χ1n) is 7.34. The second-order valence-corrected chi connectivity index (χ2v) is 5.89. The van der Waals surface area contributed by atoms with E-state index in [1.54, 1.807) is 24.3 Å². The highest BCUT2D eigenvalue weighted by Crippen LogP contribution is 2.40. The fraction of sp³-hybridized carbons (Fsp3) is 0.400. The zero-order chi connectivity index (χ0) is 16.9. The summed E-state index contributed by atoms with van der Waals surface area (Å²) < 4.78 is 43.7. The van der Waals surface area contributed by atoms with E-state index in [0.717, 1.165) is 12.8 Å². The molecule has 1 aromatic carbocycles. The number of alkyl halides is 3. The fourth-order valence-corrected chi connectivity index (χ4v) is 2.38. The number of hydrogen-bond donors (Lipinski definition) is 1. The number of hydrogen-bond acceptors (Lipinski definition) is 6. The first-order chi connectivity index (χ1) is 11.4. The Kier molecular flexibility index (Phi) is 3.17. The third kappa shape index (κ3) is 2.54. The Hall–Kier alpha value is -2.42. The summed E-state index contributed by atoms with van der Waals surface area (Å²) in [5.41, 5.74) is 1.09. The summed E-state index contributed by atoms with van der Waals surface area (Å²) in [5.74, 6) is -1.96. The molecule has 1 N–H and O–H groups in total. The summed E-state index contributed by atoms with van der Waals surface area (Å²) in [6, 6.07) is 6.43. The monoisotopic (exact) mass is 339 g/mol. The molecule has 9 heteroatoms. The number of rotatable bonds is 3. The van der Waals surface area contributed by atoms with Gasteiger partial charge < -0.3 is 14.4 Å². The van der Waals surface area contributed by atoms with Crippen molar-refractivity contribution in [3.8, 4) is 11.5 Å². The predicted octanol–water partition coefficient (Wildman–Crippen LogP) is 2.99. The van der Waals surface area contributed by atoms with Crippen molar-refractivity contribution in [3.63, 3.8) is 0 Å². The average Bonchev–Trinajstić information content (AvgIpc) is 3.12. The van der Waals surface area contributed by atoms with Crippen LogP contribution in [0.5, 0.6) is 0 Å². The quantitative estimate of drug-likeness (QED) is 0.930. The normalized spacial score (nSPS) is 23.9. The van der Waals surface area contributed by atoms with E-state index in [0.29, 0.717) is 28.8 Å². The number of aromatic nitrogens is 2. The first-order valence-corrected chi connectivity index (χ1v) is 7.34. The molecule has 2 aromatic rings. The molecule has 1 aliphatic heterocycles. The lowest BCUT2D eigenvalue weighted by molar-refractivity contribution is -0.355. The molecule has 1 unspecified atom stereocenters. The Bertz CT molecular complexity index is 796. The van der Waals surface area contributed by atoms with Gasteiger partial charge in [0.2, 0.25) is 11.8 Å². The van der Waals surface area contributed by atoms with Gasteiger partial charge in [-0.25, -0.2) is 0 Å². The highest BCUT2D eigenvalue weighted by Gasteiger charge is 2.60. The van der Waals surface area contributed by atoms with Crippen molar-refractivity contribution in [3.05, 3.63) is 35.7 Å². The van der Waals surface area contributed by atoms with Crippen LogP contribution in [0.1, 0.15) is 36.6 Å². The van der Waals surface area contributed by atoms with Crippen molar-refractivity contribution in [2.45, 2.75) is 37.1 Å². The minimum absolute atomic E-state index is 0.0190. The van der Waals surface area contributed by atoms with E-state index in [-0.39, 0.29) is 5.71 Å². The van der Waals surface area contributed by atoms with E-state index in [9.17, 15) is 18.3 Å². The smallest absolute Gasteiger partial charge is 0.420 e. The van der Waals surface area contributed by atoms with E-state index in [1.165, 1.54) is 0 Å². The summed E-state index contributed by atoms with van der Waals surface area (Å²) in [6.07, 6.45) is -3.59. The fourth-order valence-electron chi connectivity index (χ4n) is 2.38. The lowest BCUT2D eigenvalue weighted by atomic mass is 10.0.